The van der Waals surface area contributed by atoms with E-state index in [-0.39, 0.29) is 5.56 Å². The third-order valence-corrected chi connectivity index (χ3v) is 3.39. The second-order valence-corrected chi connectivity index (χ2v) is 5.34. The molecule has 2 aromatic rings. The molecular formula is C15H17N3O6. The van der Waals surface area contributed by atoms with Gasteiger partial charge in [-0.3, -0.25) is 0 Å². The van der Waals surface area contributed by atoms with Crippen molar-refractivity contribution in [3.05, 3.63) is 30.0 Å². The molecule has 1 aromatic heterocycles. The van der Waals surface area contributed by atoms with E-state index in [1.165, 1.54) is 13.2 Å². The highest BCUT2D eigenvalue weighted by Crippen LogP contribution is 2.24. The maximum atomic E-state index is 11.9. The van der Waals surface area contributed by atoms with Crippen LogP contribution in [0.3, 0.4) is 0 Å². The Kier molecular flexibility index (Phi) is 4.74. The van der Waals surface area contributed by atoms with E-state index >= 15 is 0 Å². The monoisotopic (exact) mass is 335 g/mol. The van der Waals surface area contributed by atoms with E-state index in [0.29, 0.717) is 16.6 Å². The number of ether oxygens (including phenoxy) is 1. The van der Waals surface area contributed by atoms with Crippen LogP contribution in [0.1, 0.15) is 17.3 Å². The van der Waals surface area contributed by atoms with Gasteiger partial charge in [0.15, 0.2) is 5.60 Å². The van der Waals surface area contributed by atoms with Crippen LogP contribution in [0.4, 0.5) is 10.5 Å². The first-order valence-corrected chi connectivity index (χ1v) is 6.94. The molecule has 0 aliphatic carbocycles. The molecule has 5 N–H and O–H groups in total. The highest BCUT2D eigenvalue weighted by atomic mass is 16.5. The first-order valence-electron chi connectivity index (χ1n) is 6.94. The molecule has 2 amide bonds. The molecule has 128 valence electrons. The van der Waals surface area contributed by atoms with Crippen LogP contribution in [0.5, 0.6) is 0 Å². The second kappa shape index (κ2) is 6.59. The third-order valence-electron chi connectivity index (χ3n) is 3.39. The van der Waals surface area contributed by atoms with E-state index in [2.05, 4.69) is 15.6 Å². The van der Waals surface area contributed by atoms with E-state index in [1.54, 1.807) is 18.3 Å². The van der Waals surface area contributed by atoms with Gasteiger partial charge >= 0.3 is 18.0 Å². The lowest BCUT2D eigenvalue weighted by molar-refractivity contribution is -0.155. The molecular weight excluding hydrogens is 318 g/mol. The molecule has 1 heterocycles. The maximum absolute atomic E-state index is 11.9. The zero-order valence-electron chi connectivity index (χ0n) is 13.0. The van der Waals surface area contributed by atoms with E-state index in [1.807, 2.05) is 0 Å². The van der Waals surface area contributed by atoms with Gasteiger partial charge in [0, 0.05) is 22.8 Å². The lowest BCUT2D eigenvalue weighted by Gasteiger charge is -2.18. The number of rotatable bonds is 5. The number of aliphatic carboxylic acids is 1. The fraction of sp³-hybridized carbons (Fsp3) is 0.267. The number of carbonyl (C=O) groups is 3. The molecule has 0 spiro atoms. The average Bonchev–Trinajstić information content (AvgIpc) is 2.99. The van der Waals surface area contributed by atoms with Crippen LogP contribution in [0.15, 0.2) is 24.4 Å². The Bertz CT molecular complexity index is 796. The molecule has 9 heteroatoms. The SMILES string of the molecule is COC(=O)c1cc(NC(=O)NCC(C)(O)C(=O)O)cc2[nH]ccc12. The van der Waals surface area contributed by atoms with Crippen LogP contribution in [-0.4, -0.2) is 52.4 Å². The smallest absolute Gasteiger partial charge is 0.338 e. The van der Waals surface area contributed by atoms with Crippen LogP contribution in [0, 0.1) is 0 Å². The summed E-state index contributed by atoms with van der Waals surface area (Å²) in [5.41, 5.74) is -0.898. The van der Waals surface area contributed by atoms with Crippen molar-refractivity contribution in [2.75, 3.05) is 19.0 Å². The minimum absolute atomic E-state index is 0.268. The number of carboxylic acids is 1. The quantitative estimate of drug-likeness (QED) is 0.514. The van der Waals surface area contributed by atoms with Crippen LogP contribution < -0.4 is 10.6 Å². The van der Waals surface area contributed by atoms with Crippen molar-refractivity contribution in [3.63, 3.8) is 0 Å². The minimum atomic E-state index is -2.09. The predicted molar refractivity (Wildman–Crippen MR) is 84.9 cm³/mol. The normalized spacial score (nSPS) is 13.1. The van der Waals surface area contributed by atoms with Gasteiger partial charge < -0.3 is 30.6 Å². The standard InChI is InChI=1S/C15H17N3O6/c1-15(23,13(20)21)7-17-14(22)18-8-5-10(12(19)24-2)9-3-4-16-11(9)6-8/h3-6,16,23H,7H2,1-2H3,(H,20,21)(H2,17,18,22). The second-order valence-electron chi connectivity index (χ2n) is 5.34. The number of H-pyrrole nitrogens is 1. The Morgan fingerprint density at radius 1 is 1.33 bits per heavy atom. The number of hydrogen-bond acceptors (Lipinski definition) is 5. The fourth-order valence-corrected chi connectivity index (χ4v) is 2.02. The summed E-state index contributed by atoms with van der Waals surface area (Å²) in [4.78, 5) is 37.4. The number of nitrogens with one attached hydrogen (secondary N) is 3. The highest BCUT2D eigenvalue weighted by molar-refractivity contribution is 6.06. The van der Waals surface area contributed by atoms with Gasteiger partial charge in [0.1, 0.15) is 0 Å². The van der Waals surface area contributed by atoms with Gasteiger partial charge in [0.25, 0.3) is 0 Å². The third kappa shape index (κ3) is 3.63. The molecule has 0 aliphatic heterocycles. The van der Waals surface area contributed by atoms with Crippen LogP contribution in [-0.2, 0) is 9.53 Å². The Balaban J connectivity index is 2.16. The molecule has 0 bridgehead atoms. The van der Waals surface area contributed by atoms with Crippen molar-refractivity contribution in [1.29, 1.82) is 0 Å². The first kappa shape index (κ1) is 17.3. The first-order chi connectivity index (χ1) is 11.2. The molecule has 1 unspecified atom stereocenters. The Morgan fingerprint density at radius 2 is 2.04 bits per heavy atom. The molecule has 0 radical (unpaired) electrons. The molecule has 1 atom stereocenters. The van der Waals surface area contributed by atoms with E-state index < -0.39 is 30.1 Å². The Hall–Kier alpha value is -3.07. The van der Waals surface area contributed by atoms with Crippen LogP contribution in [0.2, 0.25) is 0 Å². The van der Waals surface area contributed by atoms with Crippen molar-refractivity contribution in [2.24, 2.45) is 0 Å². The number of carboxylic acid groups (broad SMARTS) is 1. The molecule has 1 aromatic carbocycles. The Labute approximate surface area is 136 Å². The largest absolute Gasteiger partial charge is 0.479 e. The van der Waals surface area contributed by atoms with Gasteiger partial charge in [-0.15, -0.1) is 0 Å². The molecule has 24 heavy (non-hydrogen) atoms. The molecule has 2 rings (SSSR count). The molecule has 0 fully saturated rings. The summed E-state index contributed by atoms with van der Waals surface area (Å²) < 4.78 is 4.71. The van der Waals surface area contributed by atoms with Gasteiger partial charge in [-0.2, -0.15) is 0 Å². The van der Waals surface area contributed by atoms with Crippen molar-refractivity contribution in [3.8, 4) is 0 Å². The lowest BCUT2D eigenvalue weighted by atomic mass is 10.1. The summed E-state index contributed by atoms with van der Waals surface area (Å²) in [6.45, 7) is 0.582. The van der Waals surface area contributed by atoms with Gasteiger partial charge in [-0.1, -0.05) is 0 Å². The summed E-state index contributed by atoms with van der Waals surface area (Å²) in [5.74, 6) is -2.01. The number of urea groups is 1. The number of fused-ring (bicyclic) bond motifs is 1. The topological polar surface area (TPSA) is 141 Å². The number of aromatic nitrogens is 1. The lowest BCUT2D eigenvalue weighted by Crippen LogP contribution is -2.47. The van der Waals surface area contributed by atoms with Crippen molar-refractivity contribution in [1.82, 2.24) is 10.3 Å². The zero-order chi connectivity index (χ0) is 17.9. The average molecular weight is 335 g/mol. The number of carbonyl (C=O) groups excluding carboxylic acids is 2. The number of benzene rings is 1. The van der Waals surface area contributed by atoms with Gasteiger partial charge in [-0.25, -0.2) is 14.4 Å². The number of amides is 2. The van der Waals surface area contributed by atoms with Gasteiger partial charge in [0.2, 0.25) is 0 Å². The Morgan fingerprint density at radius 3 is 2.67 bits per heavy atom. The number of aliphatic hydroxyl groups is 1. The number of esters is 1. The highest BCUT2D eigenvalue weighted by Gasteiger charge is 2.30. The number of methoxy groups -OCH3 is 1. The summed E-state index contributed by atoms with van der Waals surface area (Å²) >= 11 is 0. The minimum Gasteiger partial charge on any atom is -0.479 e. The van der Waals surface area contributed by atoms with Crippen molar-refractivity contribution >= 4 is 34.6 Å². The van der Waals surface area contributed by atoms with E-state index in [0.717, 1.165) is 6.92 Å². The maximum Gasteiger partial charge on any atom is 0.338 e. The summed E-state index contributed by atoms with van der Waals surface area (Å²) in [5, 5.41) is 23.7. The fourth-order valence-electron chi connectivity index (χ4n) is 2.02. The number of aromatic amines is 1. The van der Waals surface area contributed by atoms with Gasteiger partial charge in [0.05, 0.1) is 19.2 Å². The molecule has 9 nitrogen and oxygen atoms in total. The van der Waals surface area contributed by atoms with Crippen molar-refractivity contribution < 1.29 is 29.3 Å². The molecule has 0 aliphatic rings. The van der Waals surface area contributed by atoms with Crippen LogP contribution in [0.25, 0.3) is 10.9 Å². The number of anilines is 1. The predicted octanol–water partition coefficient (Wildman–Crippen LogP) is 0.912. The molecule has 0 saturated heterocycles. The van der Waals surface area contributed by atoms with Crippen molar-refractivity contribution in [2.45, 2.75) is 12.5 Å². The van der Waals surface area contributed by atoms with E-state index in [4.69, 9.17) is 9.84 Å². The zero-order valence-corrected chi connectivity index (χ0v) is 13.0. The summed E-state index contributed by atoms with van der Waals surface area (Å²) in [6, 6.07) is 4.03. The summed E-state index contributed by atoms with van der Waals surface area (Å²) in [6.07, 6.45) is 1.64. The van der Waals surface area contributed by atoms with E-state index in [9.17, 15) is 19.5 Å². The number of hydrogen-bond donors (Lipinski definition) is 5. The molecule has 0 saturated carbocycles. The van der Waals surface area contributed by atoms with Gasteiger partial charge in [-0.05, 0) is 25.1 Å². The van der Waals surface area contributed by atoms with Crippen LogP contribution >= 0.6 is 0 Å². The summed E-state index contributed by atoms with van der Waals surface area (Å²) in [7, 11) is 1.25.